The van der Waals surface area contributed by atoms with Gasteiger partial charge in [-0.1, -0.05) is 11.8 Å². The number of nitrogens with zero attached hydrogens (tertiary/aromatic N) is 2. The van der Waals surface area contributed by atoms with Crippen LogP contribution in [0.4, 0.5) is 0 Å². The number of hydrogen-bond donors (Lipinski definition) is 2. The highest BCUT2D eigenvalue weighted by molar-refractivity contribution is 8.13. The highest BCUT2D eigenvalue weighted by Crippen LogP contribution is 2.15. The van der Waals surface area contributed by atoms with Crippen molar-refractivity contribution in [3.8, 4) is 6.19 Å². The van der Waals surface area contributed by atoms with Crippen molar-refractivity contribution in [1.29, 1.82) is 5.26 Å². The molecule has 1 aromatic heterocycles. The maximum absolute atomic E-state index is 8.49. The number of amidine groups is 1. The first-order valence-corrected chi connectivity index (χ1v) is 8.21. The van der Waals surface area contributed by atoms with Crippen molar-refractivity contribution in [2.24, 2.45) is 4.99 Å². The molecule has 0 spiro atoms. The van der Waals surface area contributed by atoms with E-state index in [1.165, 1.54) is 11.8 Å². The Morgan fingerprint density at radius 2 is 2.26 bits per heavy atom. The Hall–Kier alpha value is -1.10. The molecular formula is C12H18N4OS2. The molecule has 0 aliphatic rings. The first kappa shape index (κ1) is 16.0. The molecule has 0 saturated carbocycles. The van der Waals surface area contributed by atoms with Crippen molar-refractivity contribution in [3.05, 3.63) is 23.7 Å². The minimum atomic E-state index is 0.664. The van der Waals surface area contributed by atoms with E-state index in [0.717, 1.165) is 29.6 Å². The van der Waals surface area contributed by atoms with Gasteiger partial charge in [-0.3, -0.25) is 10.3 Å². The van der Waals surface area contributed by atoms with E-state index in [-0.39, 0.29) is 0 Å². The molecule has 0 aliphatic heterocycles. The van der Waals surface area contributed by atoms with Gasteiger partial charge < -0.3 is 9.73 Å². The third kappa shape index (κ3) is 6.57. The van der Waals surface area contributed by atoms with Gasteiger partial charge in [-0.25, -0.2) is 0 Å². The second kappa shape index (κ2) is 9.78. The van der Waals surface area contributed by atoms with Crippen LogP contribution in [0.2, 0.25) is 0 Å². The molecule has 0 atom stereocenters. The average Bonchev–Trinajstić information content (AvgIpc) is 2.85. The van der Waals surface area contributed by atoms with Gasteiger partial charge in [0.1, 0.15) is 11.5 Å². The fraction of sp³-hybridized carbons (Fsp3) is 0.500. The monoisotopic (exact) mass is 298 g/mol. The second-order valence-corrected chi connectivity index (χ2v) is 5.48. The topological polar surface area (TPSA) is 73.3 Å². The summed E-state index contributed by atoms with van der Waals surface area (Å²) in [6.07, 6.45) is 3.76. The van der Waals surface area contributed by atoms with E-state index < -0.39 is 0 Å². The van der Waals surface area contributed by atoms with Crippen molar-refractivity contribution >= 4 is 28.7 Å². The molecule has 1 heterocycles. The molecule has 104 valence electrons. The predicted octanol–water partition coefficient (Wildman–Crippen LogP) is 2.02. The molecule has 5 nitrogen and oxygen atoms in total. The van der Waals surface area contributed by atoms with Gasteiger partial charge in [-0.05, 0) is 25.4 Å². The van der Waals surface area contributed by atoms with Crippen LogP contribution in [0.25, 0.3) is 0 Å². The molecule has 0 saturated heterocycles. The van der Waals surface area contributed by atoms with Crippen molar-refractivity contribution in [2.45, 2.75) is 12.3 Å². The number of rotatable bonds is 7. The summed E-state index contributed by atoms with van der Waals surface area (Å²) in [6.45, 7) is 1.45. The van der Waals surface area contributed by atoms with Gasteiger partial charge in [0, 0.05) is 5.75 Å². The fourth-order valence-electron chi connectivity index (χ4n) is 1.36. The van der Waals surface area contributed by atoms with Gasteiger partial charge in [-0.2, -0.15) is 17.0 Å². The molecule has 0 bridgehead atoms. The lowest BCUT2D eigenvalue weighted by atomic mass is 10.4. The minimum Gasteiger partial charge on any atom is -0.464 e. The molecule has 7 heteroatoms. The number of furan rings is 1. The van der Waals surface area contributed by atoms with E-state index in [2.05, 4.69) is 15.6 Å². The third-order valence-electron chi connectivity index (χ3n) is 2.16. The van der Waals surface area contributed by atoms with Crippen LogP contribution in [0.3, 0.4) is 0 Å². The number of nitriles is 1. The molecule has 0 aromatic carbocycles. The Kier molecular flexibility index (Phi) is 8.21. The van der Waals surface area contributed by atoms with Crippen LogP contribution in [-0.2, 0) is 12.3 Å². The van der Waals surface area contributed by atoms with Gasteiger partial charge in [0.2, 0.25) is 0 Å². The SMILES string of the molecule is CNCc1ccc(CSCC/N=C(/NC#N)SC)o1. The van der Waals surface area contributed by atoms with E-state index in [4.69, 9.17) is 9.68 Å². The smallest absolute Gasteiger partial charge is 0.183 e. The Morgan fingerprint density at radius 1 is 1.47 bits per heavy atom. The van der Waals surface area contributed by atoms with Gasteiger partial charge in [0.25, 0.3) is 0 Å². The van der Waals surface area contributed by atoms with E-state index >= 15 is 0 Å². The standard InChI is InChI=1S/C12H18N4OS2/c1-14-7-10-3-4-11(17-10)8-19-6-5-15-12(18-2)16-9-13/h3-4,14H,5-8H2,1-2H3,(H,15,16). The average molecular weight is 298 g/mol. The minimum absolute atomic E-state index is 0.664. The fourth-order valence-corrected chi connectivity index (χ4v) is 2.45. The molecule has 1 aromatic rings. The maximum atomic E-state index is 8.49. The lowest BCUT2D eigenvalue weighted by Crippen LogP contribution is -2.13. The maximum Gasteiger partial charge on any atom is 0.183 e. The normalized spacial score (nSPS) is 11.3. The predicted molar refractivity (Wildman–Crippen MR) is 82.2 cm³/mol. The lowest BCUT2D eigenvalue weighted by Gasteiger charge is -2.00. The highest BCUT2D eigenvalue weighted by Gasteiger charge is 2.01. The van der Waals surface area contributed by atoms with E-state index in [1.807, 2.05) is 31.6 Å². The molecule has 0 unspecified atom stereocenters. The van der Waals surface area contributed by atoms with Crippen LogP contribution in [0.1, 0.15) is 11.5 Å². The summed E-state index contributed by atoms with van der Waals surface area (Å²) in [5, 5.41) is 14.7. The van der Waals surface area contributed by atoms with E-state index in [1.54, 1.807) is 11.8 Å². The molecular weight excluding hydrogens is 280 g/mol. The second-order valence-electron chi connectivity index (χ2n) is 3.58. The summed E-state index contributed by atoms with van der Waals surface area (Å²) < 4.78 is 5.63. The van der Waals surface area contributed by atoms with Crippen LogP contribution in [0, 0.1) is 11.5 Å². The van der Waals surface area contributed by atoms with Crippen molar-refractivity contribution in [2.75, 3.05) is 25.6 Å². The van der Waals surface area contributed by atoms with Crippen LogP contribution in [0.15, 0.2) is 21.5 Å². The summed E-state index contributed by atoms with van der Waals surface area (Å²) in [5.74, 6) is 3.69. The summed E-state index contributed by atoms with van der Waals surface area (Å²) in [4.78, 5) is 4.28. The molecule has 0 aliphatic carbocycles. The number of aliphatic imine (C=N–C) groups is 1. The van der Waals surface area contributed by atoms with Gasteiger partial charge in [0.15, 0.2) is 11.4 Å². The van der Waals surface area contributed by atoms with E-state index in [9.17, 15) is 0 Å². The van der Waals surface area contributed by atoms with Crippen LogP contribution < -0.4 is 10.6 Å². The first-order valence-electron chi connectivity index (χ1n) is 5.83. The number of thioether (sulfide) groups is 2. The molecule has 19 heavy (non-hydrogen) atoms. The van der Waals surface area contributed by atoms with Gasteiger partial charge in [-0.15, -0.1) is 0 Å². The molecule has 0 amide bonds. The molecule has 2 N–H and O–H groups in total. The zero-order valence-electron chi connectivity index (χ0n) is 11.1. The van der Waals surface area contributed by atoms with Gasteiger partial charge in [0.05, 0.1) is 18.8 Å². The molecule has 1 rings (SSSR count). The number of hydrogen-bond acceptors (Lipinski definition) is 6. The van der Waals surface area contributed by atoms with E-state index in [0.29, 0.717) is 11.7 Å². The zero-order valence-corrected chi connectivity index (χ0v) is 12.7. The third-order valence-corrected chi connectivity index (χ3v) is 3.74. The quantitative estimate of drug-likeness (QED) is 0.264. The Balaban J connectivity index is 2.21. The summed E-state index contributed by atoms with van der Waals surface area (Å²) in [5.41, 5.74) is 0. The Bertz CT molecular complexity index is 439. The Labute approximate surface area is 122 Å². The summed E-state index contributed by atoms with van der Waals surface area (Å²) >= 11 is 3.21. The summed E-state index contributed by atoms with van der Waals surface area (Å²) in [6, 6.07) is 4.00. The van der Waals surface area contributed by atoms with Crippen LogP contribution in [0.5, 0.6) is 0 Å². The lowest BCUT2D eigenvalue weighted by molar-refractivity contribution is 0.469. The Morgan fingerprint density at radius 3 is 2.95 bits per heavy atom. The molecule has 0 fully saturated rings. The number of nitrogens with one attached hydrogen (secondary N) is 2. The summed E-state index contributed by atoms with van der Waals surface area (Å²) in [7, 11) is 1.90. The highest BCUT2D eigenvalue weighted by atomic mass is 32.2. The van der Waals surface area contributed by atoms with Crippen LogP contribution in [-0.4, -0.2) is 30.8 Å². The largest absolute Gasteiger partial charge is 0.464 e. The van der Waals surface area contributed by atoms with Gasteiger partial charge >= 0.3 is 0 Å². The van der Waals surface area contributed by atoms with Crippen molar-refractivity contribution in [1.82, 2.24) is 10.6 Å². The zero-order chi connectivity index (χ0) is 13.9. The first-order chi connectivity index (χ1) is 9.30. The van der Waals surface area contributed by atoms with Crippen LogP contribution >= 0.6 is 23.5 Å². The van der Waals surface area contributed by atoms with Crippen molar-refractivity contribution in [3.63, 3.8) is 0 Å². The van der Waals surface area contributed by atoms with Crippen molar-refractivity contribution < 1.29 is 4.42 Å². The molecule has 0 radical (unpaired) electrons.